The summed E-state index contributed by atoms with van der Waals surface area (Å²) in [6, 6.07) is 74.6. The summed E-state index contributed by atoms with van der Waals surface area (Å²) in [5.41, 5.74) is 10.8. The highest BCUT2D eigenvalue weighted by molar-refractivity contribution is 6.21. The van der Waals surface area contributed by atoms with Crippen LogP contribution in [0.2, 0.25) is 0 Å². The molecule has 0 atom stereocenters. The average molecular weight is 727 g/mol. The van der Waals surface area contributed by atoms with Crippen LogP contribution in [-0.2, 0) is 0 Å². The Hall–Kier alpha value is -7.62. The number of fused-ring (bicyclic) bond motifs is 11. The zero-order valence-corrected chi connectivity index (χ0v) is 30.9. The smallest absolute Gasteiger partial charge is 0.143 e. The van der Waals surface area contributed by atoms with Crippen molar-refractivity contribution in [2.24, 2.45) is 0 Å². The van der Waals surface area contributed by atoms with E-state index in [9.17, 15) is 0 Å². The molecule has 10 aromatic carbocycles. The van der Waals surface area contributed by atoms with Crippen LogP contribution in [0, 0.1) is 0 Å². The highest BCUT2D eigenvalue weighted by atomic mass is 16.3. The van der Waals surface area contributed by atoms with Crippen molar-refractivity contribution in [1.29, 1.82) is 0 Å². The Morgan fingerprint density at radius 2 is 1.04 bits per heavy atom. The van der Waals surface area contributed by atoms with Crippen LogP contribution in [0.25, 0.3) is 92.9 Å². The van der Waals surface area contributed by atoms with Gasteiger partial charge in [-0.1, -0.05) is 152 Å². The molecule has 0 spiro atoms. The minimum atomic E-state index is 0.862. The Balaban J connectivity index is 1.17. The van der Waals surface area contributed by atoms with Crippen molar-refractivity contribution in [2.75, 3.05) is 4.90 Å². The van der Waals surface area contributed by atoms with Gasteiger partial charge in [0.1, 0.15) is 11.2 Å². The van der Waals surface area contributed by atoms with Crippen LogP contribution >= 0.6 is 0 Å². The first-order chi connectivity index (χ1) is 28.3. The molecule has 0 bridgehead atoms. The van der Waals surface area contributed by atoms with Gasteiger partial charge in [-0.05, 0) is 87.3 Å². The molecule has 3 nitrogen and oxygen atoms in total. The van der Waals surface area contributed by atoms with E-state index in [-0.39, 0.29) is 0 Å². The summed E-state index contributed by atoms with van der Waals surface area (Å²) < 4.78 is 9.23. The first kappa shape index (κ1) is 31.7. The zero-order chi connectivity index (χ0) is 37.5. The lowest BCUT2D eigenvalue weighted by atomic mass is 10.0. The number of hydrogen-bond acceptors (Lipinski definition) is 2. The fourth-order valence-corrected chi connectivity index (χ4v) is 9.09. The molecule has 12 aromatic rings. The third-order valence-electron chi connectivity index (χ3n) is 11.7. The summed E-state index contributed by atoms with van der Waals surface area (Å²) in [5, 5.41) is 11.8. The second-order valence-electron chi connectivity index (χ2n) is 14.9. The average Bonchev–Trinajstić information content (AvgIpc) is 3.83. The monoisotopic (exact) mass is 726 g/mol. The first-order valence-corrected chi connectivity index (χ1v) is 19.5. The van der Waals surface area contributed by atoms with Gasteiger partial charge in [-0.25, -0.2) is 0 Å². The lowest BCUT2D eigenvalue weighted by molar-refractivity contribution is 0.672. The Labute approximate surface area is 328 Å². The predicted octanol–water partition coefficient (Wildman–Crippen LogP) is 15.3. The summed E-state index contributed by atoms with van der Waals surface area (Å²) in [4.78, 5) is 2.42. The quantitative estimate of drug-likeness (QED) is 0.176. The molecule has 0 aliphatic carbocycles. The molecule has 266 valence electrons. The van der Waals surface area contributed by atoms with E-state index in [0.29, 0.717) is 0 Å². The van der Waals surface area contributed by atoms with Crippen molar-refractivity contribution in [3.05, 3.63) is 206 Å². The van der Waals surface area contributed by atoms with Crippen LogP contribution in [0.5, 0.6) is 0 Å². The van der Waals surface area contributed by atoms with E-state index in [0.717, 1.165) is 66.5 Å². The van der Waals surface area contributed by atoms with Gasteiger partial charge in [0, 0.05) is 44.0 Å². The lowest BCUT2D eigenvalue weighted by Crippen LogP contribution is -2.10. The third kappa shape index (κ3) is 4.92. The van der Waals surface area contributed by atoms with Crippen molar-refractivity contribution in [2.45, 2.75) is 0 Å². The molecule has 0 saturated heterocycles. The van der Waals surface area contributed by atoms with E-state index in [4.69, 9.17) is 4.42 Å². The van der Waals surface area contributed by atoms with Gasteiger partial charge in [0.05, 0.1) is 22.1 Å². The molecule has 2 heterocycles. The fourth-order valence-electron chi connectivity index (χ4n) is 9.09. The molecule has 0 amide bonds. The summed E-state index contributed by atoms with van der Waals surface area (Å²) in [5.74, 6) is 0. The van der Waals surface area contributed by atoms with Crippen LogP contribution in [-0.4, -0.2) is 4.57 Å². The Morgan fingerprint density at radius 1 is 0.386 bits per heavy atom. The van der Waals surface area contributed by atoms with E-state index in [1.165, 1.54) is 43.4 Å². The van der Waals surface area contributed by atoms with Gasteiger partial charge in [-0.2, -0.15) is 0 Å². The molecule has 0 fully saturated rings. The summed E-state index contributed by atoms with van der Waals surface area (Å²) in [6.45, 7) is 0. The summed E-state index contributed by atoms with van der Waals surface area (Å²) in [7, 11) is 0. The standard InChI is InChI=1S/C54H34N2O/c1-2-12-35(13-3-1)40-18-10-19-41(32-40)55(49-22-11-23-51-52(49)48-30-26-38-16-7-9-21-45(38)54(48)57-51)43-28-31-46-47-29-25-37-15-6-8-20-44(37)53(47)56(50(46)34-43)42-27-24-36-14-4-5-17-39(36)33-42/h1-34H. The number of nitrogens with zero attached hydrogens (tertiary/aromatic N) is 2. The lowest BCUT2D eigenvalue weighted by Gasteiger charge is -2.27. The number of anilines is 3. The van der Waals surface area contributed by atoms with Gasteiger partial charge >= 0.3 is 0 Å². The molecule has 0 saturated carbocycles. The van der Waals surface area contributed by atoms with Crippen LogP contribution in [0.1, 0.15) is 0 Å². The number of rotatable bonds is 5. The van der Waals surface area contributed by atoms with E-state index in [1.807, 2.05) is 0 Å². The van der Waals surface area contributed by atoms with Gasteiger partial charge in [0.2, 0.25) is 0 Å². The molecular formula is C54H34N2O. The minimum absolute atomic E-state index is 0.862. The number of furan rings is 1. The Morgan fingerprint density at radius 3 is 1.89 bits per heavy atom. The maximum absolute atomic E-state index is 6.75. The second kappa shape index (κ2) is 12.5. The Kier molecular flexibility index (Phi) is 6.93. The van der Waals surface area contributed by atoms with E-state index in [2.05, 4.69) is 216 Å². The van der Waals surface area contributed by atoms with E-state index < -0.39 is 0 Å². The maximum Gasteiger partial charge on any atom is 0.143 e. The summed E-state index contributed by atoms with van der Waals surface area (Å²) in [6.07, 6.45) is 0. The summed E-state index contributed by atoms with van der Waals surface area (Å²) >= 11 is 0. The SMILES string of the molecule is c1ccc(-c2cccc(N(c3ccc4c5ccc6ccccc6c5n(-c5ccc6ccccc6c5)c4c3)c3cccc4oc5c6ccccc6ccc5c34)c2)cc1. The minimum Gasteiger partial charge on any atom is -0.455 e. The van der Waals surface area contributed by atoms with Crippen molar-refractivity contribution >= 4 is 93.1 Å². The topological polar surface area (TPSA) is 21.3 Å². The van der Waals surface area contributed by atoms with Crippen molar-refractivity contribution in [1.82, 2.24) is 4.57 Å². The van der Waals surface area contributed by atoms with Crippen LogP contribution in [0.4, 0.5) is 17.1 Å². The fraction of sp³-hybridized carbons (Fsp3) is 0. The molecule has 0 radical (unpaired) electrons. The number of hydrogen-bond donors (Lipinski definition) is 0. The third-order valence-corrected chi connectivity index (χ3v) is 11.7. The second-order valence-corrected chi connectivity index (χ2v) is 14.9. The highest BCUT2D eigenvalue weighted by Gasteiger charge is 2.23. The van der Waals surface area contributed by atoms with Gasteiger partial charge in [0.15, 0.2) is 0 Å². The predicted molar refractivity (Wildman–Crippen MR) is 241 cm³/mol. The van der Waals surface area contributed by atoms with E-state index >= 15 is 0 Å². The molecule has 0 aliphatic rings. The van der Waals surface area contributed by atoms with Crippen molar-refractivity contribution in [3.8, 4) is 16.8 Å². The van der Waals surface area contributed by atoms with E-state index in [1.54, 1.807) is 0 Å². The number of benzene rings is 10. The molecule has 0 N–H and O–H groups in total. The van der Waals surface area contributed by atoms with Gasteiger partial charge in [-0.15, -0.1) is 0 Å². The zero-order valence-electron chi connectivity index (χ0n) is 30.9. The molecule has 12 rings (SSSR count). The molecule has 57 heavy (non-hydrogen) atoms. The normalized spacial score (nSPS) is 11.9. The van der Waals surface area contributed by atoms with Gasteiger partial charge in [-0.3, -0.25) is 0 Å². The molecule has 2 aromatic heterocycles. The van der Waals surface area contributed by atoms with Gasteiger partial charge in [0.25, 0.3) is 0 Å². The highest BCUT2D eigenvalue weighted by Crippen LogP contribution is 2.47. The van der Waals surface area contributed by atoms with Crippen LogP contribution in [0.3, 0.4) is 0 Å². The van der Waals surface area contributed by atoms with Crippen LogP contribution in [0.15, 0.2) is 211 Å². The van der Waals surface area contributed by atoms with Crippen molar-refractivity contribution < 1.29 is 4.42 Å². The number of aromatic nitrogens is 1. The molecule has 3 heteroatoms. The molecule has 0 aliphatic heterocycles. The molecule has 0 unspecified atom stereocenters. The maximum atomic E-state index is 6.75. The van der Waals surface area contributed by atoms with Gasteiger partial charge < -0.3 is 13.9 Å². The molecular weight excluding hydrogens is 693 g/mol. The van der Waals surface area contributed by atoms with Crippen molar-refractivity contribution in [3.63, 3.8) is 0 Å². The first-order valence-electron chi connectivity index (χ1n) is 19.5. The largest absolute Gasteiger partial charge is 0.455 e. The van der Waals surface area contributed by atoms with Crippen LogP contribution < -0.4 is 4.90 Å². The Bertz CT molecular complexity index is 3540.